The van der Waals surface area contributed by atoms with Gasteiger partial charge in [-0.2, -0.15) is 11.3 Å². The Morgan fingerprint density at radius 3 is 2.84 bits per heavy atom. The van der Waals surface area contributed by atoms with E-state index in [1.165, 1.54) is 29.7 Å². The van der Waals surface area contributed by atoms with Gasteiger partial charge in [0.25, 0.3) is 0 Å². The summed E-state index contributed by atoms with van der Waals surface area (Å²) in [6.07, 6.45) is 2.54. The third-order valence-electron chi connectivity index (χ3n) is 3.55. The molecule has 2 N–H and O–H groups in total. The van der Waals surface area contributed by atoms with Crippen LogP contribution >= 0.6 is 22.9 Å². The molecule has 0 saturated heterocycles. The van der Waals surface area contributed by atoms with Gasteiger partial charge in [0.2, 0.25) is 0 Å². The highest BCUT2D eigenvalue weighted by Crippen LogP contribution is 2.37. The predicted molar refractivity (Wildman–Crippen MR) is 84.1 cm³/mol. The monoisotopic (exact) mass is 292 g/mol. The summed E-state index contributed by atoms with van der Waals surface area (Å²) < 4.78 is 0. The van der Waals surface area contributed by atoms with Crippen LogP contribution < -0.4 is 10.6 Å². The Kier molecular flexibility index (Phi) is 3.42. The summed E-state index contributed by atoms with van der Waals surface area (Å²) in [6, 6.07) is 6.82. The van der Waals surface area contributed by atoms with E-state index < -0.39 is 0 Å². The van der Waals surface area contributed by atoms with E-state index in [0.717, 1.165) is 6.54 Å². The smallest absolute Gasteiger partial charge is 0.0656 e. The van der Waals surface area contributed by atoms with Gasteiger partial charge >= 0.3 is 0 Å². The van der Waals surface area contributed by atoms with Crippen molar-refractivity contribution in [2.75, 3.05) is 10.6 Å². The van der Waals surface area contributed by atoms with Crippen LogP contribution in [0.3, 0.4) is 0 Å². The summed E-state index contributed by atoms with van der Waals surface area (Å²) in [4.78, 5) is 2.46. The highest BCUT2D eigenvalue weighted by molar-refractivity contribution is 7.07. The third kappa shape index (κ3) is 2.72. The number of nitrogens with zero attached hydrogens (tertiary/aromatic N) is 1. The number of nitrogen functional groups attached to an aromatic ring is 1. The maximum absolute atomic E-state index is 6.19. The Bertz CT molecular complexity index is 576. The molecule has 4 heteroatoms. The fourth-order valence-electron chi connectivity index (χ4n) is 2.38. The van der Waals surface area contributed by atoms with Gasteiger partial charge in [0.1, 0.15) is 0 Å². The number of aryl methyl sites for hydroxylation is 1. The fourth-order valence-corrected chi connectivity index (χ4v) is 3.20. The average Bonchev–Trinajstić information content (AvgIpc) is 3.09. The molecular formula is C15H17ClN2S. The highest BCUT2D eigenvalue weighted by atomic mass is 35.5. The Labute approximate surface area is 122 Å². The Morgan fingerprint density at radius 2 is 2.21 bits per heavy atom. The maximum atomic E-state index is 6.19. The molecular weight excluding hydrogens is 276 g/mol. The van der Waals surface area contributed by atoms with Crippen LogP contribution in [0.15, 0.2) is 29.0 Å². The van der Waals surface area contributed by atoms with Crippen molar-refractivity contribution in [3.8, 4) is 0 Å². The van der Waals surface area contributed by atoms with Gasteiger partial charge in [0.15, 0.2) is 0 Å². The molecule has 0 atom stereocenters. The lowest BCUT2D eigenvalue weighted by Crippen LogP contribution is -2.25. The molecule has 1 saturated carbocycles. The summed E-state index contributed by atoms with van der Waals surface area (Å²) >= 11 is 7.93. The molecule has 1 aliphatic rings. The summed E-state index contributed by atoms with van der Waals surface area (Å²) in [5.41, 5.74) is 10.3. The van der Waals surface area contributed by atoms with Crippen LogP contribution in [0.4, 0.5) is 11.4 Å². The molecule has 19 heavy (non-hydrogen) atoms. The van der Waals surface area contributed by atoms with Crippen LogP contribution in [0, 0.1) is 6.92 Å². The Hall–Kier alpha value is -1.19. The maximum Gasteiger partial charge on any atom is 0.0656 e. The molecule has 0 radical (unpaired) electrons. The molecule has 1 heterocycles. The van der Waals surface area contributed by atoms with Crippen LogP contribution in [-0.4, -0.2) is 6.04 Å². The zero-order valence-corrected chi connectivity index (χ0v) is 12.5. The van der Waals surface area contributed by atoms with E-state index in [0.29, 0.717) is 16.8 Å². The number of anilines is 2. The first-order chi connectivity index (χ1) is 9.15. The minimum atomic E-state index is 0.650. The van der Waals surface area contributed by atoms with Gasteiger partial charge < -0.3 is 10.6 Å². The quantitative estimate of drug-likeness (QED) is 0.843. The minimum Gasteiger partial charge on any atom is -0.398 e. The van der Waals surface area contributed by atoms with Crippen molar-refractivity contribution in [2.45, 2.75) is 32.4 Å². The second kappa shape index (κ2) is 5.06. The summed E-state index contributed by atoms with van der Waals surface area (Å²) in [6.45, 7) is 3.06. The topological polar surface area (TPSA) is 29.3 Å². The zero-order valence-electron chi connectivity index (χ0n) is 10.9. The number of rotatable bonds is 4. The minimum absolute atomic E-state index is 0.650. The molecule has 100 valence electrons. The van der Waals surface area contributed by atoms with Crippen LogP contribution in [0.5, 0.6) is 0 Å². The molecule has 0 unspecified atom stereocenters. The number of hydrogen-bond acceptors (Lipinski definition) is 3. The van der Waals surface area contributed by atoms with Crippen LogP contribution in [0.25, 0.3) is 0 Å². The Balaban J connectivity index is 1.94. The number of halogens is 1. The van der Waals surface area contributed by atoms with Gasteiger partial charge in [0.05, 0.1) is 10.7 Å². The molecule has 2 nitrogen and oxygen atoms in total. The van der Waals surface area contributed by atoms with Gasteiger partial charge in [0, 0.05) is 18.3 Å². The predicted octanol–water partition coefficient (Wildman–Crippen LogP) is 4.46. The lowest BCUT2D eigenvalue weighted by molar-refractivity contribution is 0.793. The largest absolute Gasteiger partial charge is 0.398 e. The van der Waals surface area contributed by atoms with E-state index in [-0.39, 0.29) is 0 Å². The molecule has 0 aliphatic heterocycles. The molecule has 0 bridgehead atoms. The highest BCUT2D eigenvalue weighted by Gasteiger charge is 2.30. The van der Waals surface area contributed by atoms with E-state index in [2.05, 4.69) is 28.7 Å². The second-order valence-corrected chi connectivity index (χ2v) is 6.34. The Morgan fingerprint density at radius 1 is 1.42 bits per heavy atom. The first-order valence-corrected chi connectivity index (χ1v) is 7.80. The summed E-state index contributed by atoms with van der Waals surface area (Å²) in [5.74, 6) is 0. The molecule has 1 fully saturated rings. The van der Waals surface area contributed by atoms with E-state index in [1.807, 2.05) is 12.1 Å². The summed E-state index contributed by atoms with van der Waals surface area (Å²) in [7, 11) is 0. The van der Waals surface area contributed by atoms with Gasteiger partial charge in [-0.3, -0.25) is 0 Å². The van der Waals surface area contributed by atoms with Crippen molar-refractivity contribution in [2.24, 2.45) is 0 Å². The molecule has 0 amide bonds. The van der Waals surface area contributed by atoms with Crippen molar-refractivity contribution in [1.29, 1.82) is 0 Å². The lowest BCUT2D eigenvalue weighted by atomic mass is 10.1. The van der Waals surface area contributed by atoms with Crippen molar-refractivity contribution < 1.29 is 0 Å². The molecule has 1 aromatic carbocycles. The van der Waals surface area contributed by atoms with Crippen molar-refractivity contribution >= 4 is 34.3 Å². The van der Waals surface area contributed by atoms with E-state index in [4.69, 9.17) is 17.3 Å². The number of thiophene rings is 1. The third-order valence-corrected chi connectivity index (χ3v) is 4.60. The molecule has 0 spiro atoms. The molecule has 1 aliphatic carbocycles. The van der Waals surface area contributed by atoms with Gasteiger partial charge in [-0.1, -0.05) is 11.6 Å². The first kappa shape index (κ1) is 12.8. The van der Waals surface area contributed by atoms with E-state index >= 15 is 0 Å². The number of nitrogens with two attached hydrogens (primary N) is 1. The van der Waals surface area contributed by atoms with E-state index in [9.17, 15) is 0 Å². The molecule has 1 aromatic heterocycles. The SMILES string of the molecule is Cc1cc(N)c(Cl)cc1N(Cc1ccsc1)C1CC1. The normalized spacial score (nSPS) is 14.6. The fraction of sp³-hybridized carbons (Fsp3) is 0.333. The van der Waals surface area contributed by atoms with Crippen molar-refractivity contribution in [1.82, 2.24) is 0 Å². The van der Waals surface area contributed by atoms with Crippen LogP contribution in [0.2, 0.25) is 5.02 Å². The van der Waals surface area contributed by atoms with E-state index in [1.54, 1.807) is 11.3 Å². The first-order valence-electron chi connectivity index (χ1n) is 6.48. The van der Waals surface area contributed by atoms with Crippen molar-refractivity contribution in [3.05, 3.63) is 45.1 Å². The molecule has 3 rings (SSSR count). The average molecular weight is 293 g/mol. The second-order valence-electron chi connectivity index (χ2n) is 5.15. The zero-order chi connectivity index (χ0) is 13.4. The lowest BCUT2D eigenvalue weighted by Gasteiger charge is -2.26. The van der Waals surface area contributed by atoms with Gasteiger partial charge in [-0.15, -0.1) is 0 Å². The molecule has 2 aromatic rings. The van der Waals surface area contributed by atoms with Gasteiger partial charge in [-0.25, -0.2) is 0 Å². The van der Waals surface area contributed by atoms with Crippen LogP contribution in [0.1, 0.15) is 24.0 Å². The standard InChI is InChI=1S/C15H17ClN2S/c1-10-6-14(17)13(16)7-15(10)18(12-2-3-12)8-11-4-5-19-9-11/h4-7,9,12H,2-3,8,17H2,1H3. The summed E-state index contributed by atoms with van der Waals surface area (Å²) in [5, 5.41) is 4.99. The van der Waals surface area contributed by atoms with Gasteiger partial charge in [-0.05, 0) is 59.9 Å². The number of benzene rings is 1. The van der Waals surface area contributed by atoms with Crippen LogP contribution in [-0.2, 0) is 6.54 Å². The van der Waals surface area contributed by atoms with Crippen molar-refractivity contribution in [3.63, 3.8) is 0 Å². The number of hydrogen-bond donors (Lipinski definition) is 1.